The topological polar surface area (TPSA) is 102 Å². The Morgan fingerprint density at radius 2 is 0.684 bits per heavy atom. The van der Waals surface area contributed by atoms with Crippen molar-refractivity contribution >= 4 is 40.7 Å². The van der Waals surface area contributed by atoms with Crippen molar-refractivity contribution in [3.8, 4) is 0 Å². The van der Waals surface area contributed by atoms with Crippen LogP contribution in [0.1, 0.15) is 0 Å². The second-order valence-corrected chi connectivity index (χ2v) is 1.08. The maximum absolute atomic E-state index is 7.75. The Labute approximate surface area is 127 Å². The molecular formula is C12H11O6W-7. The van der Waals surface area contributed by atoms with E-state index in [2.05, 4.69) is 46.8 Å². The summed E-state index contributed by atoms with van der Waals surface area (Å²) in [5.74, 6) is 0. The maximum atomic E-state index is 7.75. The first kappa shape index (κ1) is 43.6. The zero-order valence-corrected chi connectivity index (χ0v) is 12.6. The molecule has 0 saturated carbocycles. The summed E-state index contributed by atoms with van der Waals surface area (Å²) in [7, 11) is 0. The predicted molar refractivity (Wildman–Crippen MR) is 65.8 cm³/mol. The summed E-state index contributed by atoms with van der Waals surface area (Å²) in [6.45, 7) is 19.5. The van der Waals surface area contributed by atoms with Crippen molar-refractivity contribution in [1.82, 2.24) is 0 Å². The van der Waals surface area contributed by atoms with Gasteiger partial charge >= 0.3 is 0 Å². The van der Waals surface area contributed by atoms with Crippen molar-refractivity contribution in [2.24, 2.45) is 0 Å². The van der Waals surface area contributed by atoms with Gasteiger partial charge in [0.2, 0.25) is 0 Å². The monoisotopic (exact) mass is 435 g/mol. The van der Waals surface area contributed by atoms with E-state index in [0.717, 1.165) is 0 Å². The first-order valence-electron chi connectivity index (χ1n) is 3.32. The average molecular weight is 435 g/mol. The van der Waals surface area contributed by atoms with Gasteiger partial charge < -0.3 is 28.8 Å². The van der Waals surface area contributed by atoms with Crippen LogP contribution in [0.15, 0.2) is 30.3 Å². The Morgan fingerprint density at radius 3 is 0.737 bits per heavy atom. The molecule has 0 aromatic heterocycles. The second kappa shape index (κ2) is 230. The minimum Gasteiger partial charge on any atom is -0.545 e. The van der Waals surface area contributed by atoms with Crippen LogP contribution >= 0.6 is 0 Å². The Kier molecular flexibility index (Phi) is 528. The molecule has 0 amide bonds. The molecule has 1 rings (SSSR count). The fraction of sp³-hybridized carbons (Fsp3) is 0. The normalized spacial score (nSPS) is 3.79. The number of benzene rings is 1. The van der Waals surface area contributed by atoms with Gasteiger partial charge in [0.25, 0.3) is 0 Å². The molecule has 19 heavy (non-hydrogen) atoms. The average Bonchev–Trinajstić information content (AvgIpc) is 2.60. The summed E-state index contributed by atoms with van der Waals surface area (Å²) in [6, 6.07) is 12.5. The molecule has 0 saturated heterocycles. The third-order valence-electron chi connectivity index (χ3n) is 0.607. The maximum Gasteiger partial charge on any atom is 0 e. The molecule has 0 aliphatic rings. The fourth-order valence-corrected chi connectivity index (χ4v) is 0.342. The zero-order valence-electron chi connectivity index (χ0n) is 9.71. The smallest absolute Gasteiger partial charge is 0 e. The number of hydrogen-bond donors (Lipinski definition) is 0. The van der Waals surface area contributed by atoms with Gasteiger partial charge in [-0.1, -0.05) is 0 Å². The van der Waals surface area contributed by atoms with Crippen molar-refractivity contribution in [3.05, 3.63) is 36.4 Å². The van der Waals surface area contributed by atoms with Crippen LogP contribution in [0, 0.1) is 6.07 Å². The van der Waals surface area contributed by atoms with Gasteiger partial charge in [-0.3, -0.25) is 40.7 Å². The van der Waals surface area contributed by atoms with Crippen molar-refractivity contribution in [1.29, 1.82) is 0 Å². The van der Waals surface area contributed by atoms with Gasteiger partial charge in [-0.2, -0.15) is 36.4 Å². The molecule has 0 N–H and O–H groups in total. The minimum absolute atomic E-state index is 0. The SMILES string of the molecule is [CH-]=O.[CH-]=O.[CH-]=O.[CH-]=O.[CH-]=O.[CH-]=O.[W].[c-]1ccccc1. The van der Waals surface area contributed by atoms with Crippen LogP contribution in [0.5, 0.6) is 0 Å². The summed E-state index contributed by atoms with van der Waals surface area (Å²) in [6.07, 6.45) is 0. The largest absolute Gasteiger partial charge is 0.545 e. The van der Waals surface area contributed by atoms with Gasteiger partial charge in [0.1, 0.15) is 0 Å². The van der Waals surface area contributed by atoms with E-state index in [1.54, 1.807) is 0 Å². The van der Waals surface area contributed by atoms with Crippen molar-refractivity contribution in [2.45, 2.75) is 0 Å². The molecule has 0 radical (unpaired) electrons. The van der Waals surface area contributed by atoms with E-state index in [1.165, 1.54) is 0 Å². The van der Waals surface area contributed by atoms with E-state index in [-0.39, 0.29) is 21.1 Å². The summed E-state index contributed by atoms with van der Waals surface area (Å²) in [5.41, 5.74) is 0. The molecular weight excluding hydrogens is 424 g/mol. The van der Waals surface area contributed by atoms with Crippen molar-refractivity contribution in [2.75, 3.05) is 0 Å². The van der Waals surface area contributed by atoms with E-state index in [0.29, 0.717) is 0 Å². The molecule has 108 valence electrons. The van der Waals surface area contributed by atoms with Crippen LogP contribution in [-0.4, -0.2) is 40.7 Å². The van der Waals surface area contributed by atoms with E-state index < -0.39 is 0 Å². The van der Waals surface area contributed by atoms with Crippen LogP contribution in [0.25, 0.3) is 0 Å². The first-order valence-corrected chi connectivity index (χ1v) is 3.32. The summed E-state index contributed by atoms with van der Waals surface area (Å²) < 4.78 is 0. The molecule has 0 spiro atoms. The van der Waals surface area contributed by atoms with Gasteiger partial charge in [-0.05, 0) is 0 Å². The van der Waals surface area contributed by atoms with Crippen molar-refractivity contribution < 1.29 is 49.8 Å². The molecule has 0 bridgehead atoms. The fourth-order valence-electron chi connectivity index (χ4n) is 0.342. The number of carbonyl (C=O) groups excluding carboxylic acids is 6. The molecule has 0 aliphatic heterocycles. The summed E-state index contributed by atoms with van der Waals surface area (Å²) in [5, 5.41) is 0. The van der Waals surface area contributed by atoms with E-state index in [4.69, 9.17) is 28.8 Å². The molecule has 6 nitrogen and oxygen atoms in total. The van der Waals surface area contributed by atoms with Gasteiger partial charge in [-0.15, -0.1) is 0 Å². The molecule has 0 heterocycles. The third kappa shape index (κ3) is 200. The Morgan fingerprint density at radius 1 is 0.474 bits per heavy atom. The van der Waals surface area contributed by atoms with Crippen LogP contribution in [0.2, 0.25) is 0 Å². The van der Waals surface area contributed by atoms with Crippen LogP contribution in [0.3, 0.4) is 0 Å². The molecule has 1 aromatic rings. The van der Waals surface area contributed by atoms with Crippen LogP contribution in [0.4, 0.5) is 0 Å². The number of rotatable bonds is 0. The molecule has 0 aliphatic carbocycles. The van der Waals surface area contributed by atoms with Gasteiger partial charge in [0, 0.05) is 21.1 Å². The minimum atomic E-state index is 0. The predicted octanol–water partition coefficient (Wildman–Crippen LogP) is -0.160. The quantitative estimate of drug-likeness (QED) is 0.415. The second-order valence-electron chi connectivity index (χ2n) is 1.08. The van der Waals surface area contributed by atoms with Crippen LogP contribution < -0.4 is 0 Å². The third-order valence-corrected chi connectivity index (χ3v) is 0.607. The molecule has 0 fully saturated rings. The van der Waals surface area contributed by atoms with E-state index >= 15 is 0 Å². The Bertz CT molecular complexity index is 147. The zero-order chi connectivity index (χ0) is 16.2. The molecule has 0 atom stereocenters. The first-order chi connectivity index (χ1) is 9.00. The van der Waals surface area contributed by atoms with Gasteiger partial charge in [-0.25, -0.2) is 0 Å². The van der Waals surface area contributed by atoms with Gasteiger partial charge in [0.05, 0.1) is 0 Å². The standard InChI is InChI=1S/C6H5.6CHO.W/c1-2-4-6-5-3-1;6*1-2;/h1-5H;6*1H;/q7*-1;. The van der Waals surface area contributed by atoms with Crippen molar-refractivity contribution in [3.63, 3.8) is 0 Å². The van der Waals surface area contributed by atoms with E-state index in [1.807, 2.05) is 30.3 Å². The Hall–Kier alpha value is -2.07. The molecule has 0 unspecified atom stereocenters. The molecule has 7 heteroatoms. The van der Waals surface area contributed by atoms with Gasteiger partial charge in [0.15, 0.2) is 0 Å². The Balaban J connectivity index is -0.0000000195. The van der Waals surface area contributed by atoms with Crippen LogP contribution in [-0.2, 0) is 49.8 Å². The van der Waals surface area contributed by atoms with E-state index in [9.17, 15) is 0 Å². The number of hydrogen-bond acceptors (Lipinski definition) is 6. The summed E-state index contributed by atoms with van der Waals surface area (Å²) >= 11 is 0. The summed E-state index contributed by atoms with van der Waals surface area (Å²) in [4.78, 5) is 46.5. The molecule has 1 aromatic carbocycles.